The van der Waals surface area contributed by atoms with Crippen LogP contribution in [0.25, 0.3) is 0 Å². The number of piperidine rings is 2. The highest BCUT2D eigenvalue weighted by atomic mass is 32.2. The van der Waals surface area contributed by atoms with Gasteiger partial charge in [-0.05, 0) is 68.5 Å². The van der Waals surface area contributed by atoms with Crippen molar-refractivity contribution in [2.75, 3.05) is 38.6 Å². The zero-order valence-corrected chi connectivity index (χ0v) is 20.2. The molecule has 0 spiro atoms. The lowest BCUT2D eigenvalue weighted by atomic mass is 9.98. The number of carbonyl (C=O) groups excluding carboxylic acids is 2. The van der Waals surface area contributed by atoms with Crippen molar-refractivity contribution in [3.8, 4) is 5.75 Å². The summed E-state index contributed by atoms with van der Waals surface area (Å²) in [4.78, 5) is 28.2. The molecule has 2 aliphatic heterocycles. The van der Waals surface area contributed by atoms with Crippen molar-refractivity contribution in [2.24, 2.45) is 5.92 Å². The fourth-order valence-electron chi connectivity index (χ4n) is 4.55. The number of likely N-dealkylation sites (tertiary alicyclic amines) is 1. The third-order valence-corrected chi connectivity index (χ3v) is 8.39. The van der Waals surface area contributed by atoms with Crippen molar-refractivity contribution < 1.29 is 22.7 Å². The molecule has 2 aromatic rings. The molecule has 0 radical (unpaired) electrons. The van der Waals surface area contributed by atoms with Gasteiger partial charge in [0.1, 0.15) is 5.75 Å². The molecule has 2 heterocycles. The van der Waals surface area contributed by atoms with Crippen LogP contribution in [0.4, 0.5) is 5.69 Å². The highest BCUT2D eigenvalue weighted by Gasteiger charge is 2.34. The standard InChI is InChI=1S/C25H31N3O5S/c1-33-20-11-13-21(14-12-20)34(31,32)28-17-7-8-19(18-28)24(29)26-23-10-4-3-9-22(23)25(30)27-15-5-2-6-16-27/h3-4,9-14,19H,2,5-8,15-18H2,1H3,(H,26,29). The summed E-state index contributed by atoms with van der Waals surface area (Å²) in [5, 5.41) is 2.90. The third kappa shape index (κ3) is 5.26. The first-order valence-electron chi connectivity index (χ1n) is 11.7. The van der Waals surface area contributed by atoms with Gasteiger partial charge in [0.2, 0.25) is 15.9 Å². The highest BCUT2D eigenvalue weighted by molar-refractivity contribution is 7.89. The van der Waals surface area contributed by atoms with E-state index in [-0.39, 0.29) is 23.3 Å². The van der Waals surface area contributed by atoms with Gasteiger partial charge in [-0.2, -0.15) is 4.31 Å². The second-order valence-electron chi connectivity index (χ2n) is 8.77. The van der Waals surface area contributed by atoms with Crippen LogP contribution < -0.4 is 10.1 Å². The molecule has 1 N–H and O–H groups in total. The van der Waals surface area contributed by atoms with Crippen LogP contribution in [0.3, 0.4) is 0 Å². The number of methoxy groups -OCH3 is 1. The monoisotopic (exact) mass is 485 g/mol. The Hall–Kier alpha value is -2.91. The predicted octanol–water partition coefficient (Wildman–Crippen LogP) is 3.36. The van der Waals surface area contributed by atoms with Gasteiger partial charge in [0, 0.05) is 26.2 Å². The van der Waals surface area contributed by atoms with Crippen molar-refractivity contribution in [1.29, 1.82) is 0 Å². The molecular weight excluding hydrogens is 454 g/mol. The van der Waals surface area contributed by atoms with Crippen molar-refractivity contribution in [3.05, 3.63) is 54.1 Å². The van der Waals surface area contributed by atoms with E-state index in [1.807, 2.05) is 4.90 Å². The number of carbonyl (C=O) groups is 2. The Morgan fingerprint density at radius 2 is 1.65 bits per heavy atom. The maximum atomic E-state index is 13.1. The summed E-state index contributed by atoms with van der Waals surface area (Å²) in [7, 11) is -2.20. The molecule has 2 aromatic carbocycles. The number of sulfonamides is 1. The van der Waals surface area contributed by atoms with Gasteiger partial charge in [0.05, 0.1) is 29.2 Å². The second-order valence-corrected chi connectivity index (χ2v) is 10.7. The first kappa shape index (κ1) is 24.2. The molecule has 2 aliphatic rings. The van der Waals surface area contributed by atoms with E-state index in [2.05, 4.69) is 5.32 Å². The van der Waals surface area contributed by atoms with Crippen LogP contribution in [-0.4, -0.2) is 62.7 Å². The number of amides is 2. The Bertz CT molecular complexity index is 1130. The summed E-state index contributed by atoms with van der Waals surface area (Å²) in [6.07, 6.45) is 4.27. The van der Waals surface area contributed by atoms with Crippen LogP contribution >= 0.6 is 0 Å². The quantitative estimate of drug-likeness (QED) is 0.677. The van der Waals surface area contributed by atoms with Gasteiger partial charge < -0.3 is 15.0 Å². The van der Waals surface area contributed by atoms with Crippen molar-refractivity contribution in [1.82, 2.24) is 9.21 Å². The summed E-state index contributed by atoms with van der Waals surface area (Å²) in [5.41, 5.74) is 0.939. The molecule has 0 aromatic heterocycles. The van der Waals surface area contributed by atoms with Crippen LogP contribution in [-0.2, 0) is 14.8 Å². The molecular formula is C25H31N3O5S. The van der Waals surface area contributed by atoms with Gasteiger partial charge >= 0.3 is 0 Å². The fourth-order valence-corrected chi connectivity index (χ4v) is 6.08. The topological polar surface area (TPSA) is 96.0 Å². The Labute approximate surface area is 200 Å². The lowest BCUT2D eigenvalue weighted by Crippen LogP contribution is -2.43. The molecule has 4 rings (SSSR count). The number of hydrogen-bond acceptors (Lipinski definition) is 5. The minimum atomic E-state index is -3.73. The number of rotatable bonds is 6. The van der Waals surface area contributed by atoms with Gasteiger partial charge in [-0.3, -0.25) is 9.59 Å². The summed E-state index contributed by atoms with van der Waals surface area (Å²) >= 11 is 0. The van der Waals surface area contributed by atoms with E-state index in [0.29, 0.717) is 36.4 Å². The van der Waals surface area contributed by atoms with E-state index in [0.717, 1.165) is 32.4 Å². The SMILES string of the molecule is COc1ccc(S(=O)(=O)N2CCCC(C(=O)Nc3ccccc3C(=O)N3CCCCC3)C2)cc1. The molecule has 2 fully saturated rings. The van der Waals surface area contributed by atoms with E-state index in [9.17, 15) is 18.0 Å². The summed E-state index contributed by atoms with van der Waals surface area (Å²) < 4.78 is 32.7. The summed E-state index contributed by atoms with van der Waals surface area (Å²) in [5.74, 6) is -0.274. The number of anilines is 1. The predicted molar refractivity (Wildman–Crippen MR) is 129 cm³/mol. The maximum Gasteiger partial charge on any atom is 0.255 e. The number of nitrogens with one attached hydrogen (secondary N) is 1. The zero-order valence-electron chi connectivity index (χ0n) is 19.4. The third-order valence-electron chi connectivity index (χ3n) is 6.51. The van der Waals surface area contributed by atoms with Crippen LogP contribution in [0.2, 0.25) is 0 Å². The molecule has 1 unspecified atom stereocenters. The lowest BCUT2D eigenvalue weighted by molar-refractivity contribution is -0.120. The Balaban J connectivity index is 1.46. The summed E-state index contributed by atoms with van der Waals surface area (Å²) in [6.45, 7) is 1.91. The number of nitrogens with zero attached hydrogens (tertiary/aromatic N) is 2. The average Bonchev–Trinajstić information content (AvgIpc) is 2.89. The van der Waals surface area contributed by atoms with Crippen LogP contribution in [0.5, 0.6) is 5.75 Å². The number of hydrogen-bond donors (Lipinski definition) is 1. The molecule has 0 saturated carbocycles. The van der Waals surface area contributed by atoms with Gasteiger partial charge in [0.25, 0.3) is 5.91 Å². The van der Waals surface area contributed by atoms with Crippen molar-refractivity contribution >= 4 is 27.5 Å². The summed E-state index contributed by atoms with van der Waals surface area (Å²) in [6, 6.07) is 13.3. The van der Waals surface area contributed by atoms with E-state index in [4.69, 9.17) is 4.74 Å². The largest absolute Gasteiger partial charge is 0.497 e. The van der Waals surface area contributed by atoms with E-state index >= 15 is 0 Å². The molecule has 8 nitrogen and oxygen atoms in total. The highest BCUT2D eigenvalue weighted by Crippen LogP contribution is 2.27. The molecule has 2 amide bonds. The number of benzene rings is 2. The van der Waals surface area contributed by atoms with Gasteiger partial charge in [-0.1, -0.05) is 12.1 Å². The molecule has 0 bridgehead atoms. The normalized spacial score (nSPS) is 19.4. The Morgan fingerprint density at radius 3 is 2.35 bits per heavy atom. The maximum absolute atomic E-state index is 13.1. The molecule has 2 saturated heterocycles. The molecule has 9 heteroatoms. The van der Waals surface area contributed by atoms with E-state index in [1.165, 1.54) is 23.5 Å². The van der Waals surface area contributed by atoms with E-state index in [1.54, 1.807) is 36.4 Å². The lowest BCUT2D eigenvalue weighted by Gasteiger charge is -2.31. The molecule has 1 atom stereocenters. The van der Waals surface area contributed by atoms with Crippen molar-refractivity contribution in [3.63, 3.8) is 0 Å². The first-order chi connectivity index (χ1) is 16.4. The minimum Gasteiger partial charge on any atom is -0.497 e. The second kappa shape index (κ2) is 10.6. The fraction of sp³-hybridized carbons (Fsp3) is 0.440. The van der Waals surface area contributed by atoms with Crippen LogP contribution in [0, 0.1) is 5.92 Å². The minimum absolute atomic E-state index is 0.0806. The van der Waals surface area contributed by atoms with Gasteiger partial charge in [-0.25, -0.2) is 8.42 Å². The number of ether oxygens (including phenoxy) is 1. The number of para-hydroxylation sites is 1. The van der Waals surface area contributed by atoms with Crippen molar-refractivity contribution in [2.45, 2.75) is 37.0 Å². The average molecular weight is 486 g/mol. The Kier molecular flexibility index (Phi) is 7.53. The zero-order chi connectivity index (χ0) is 24.1. The first-order valence-corrected chi connectivity index (χ1v) is 13.2. The smallest absolute Gasteiger partial charge is 0.255 e. The van der Waals surface area contributed by atoms with Gasteiger partial charge in [0.15, 0.2) is 0 Å². The van der Waals surface area contributed by atoms with Crippen LogP contribution in [0.15, 0.2) is 53.4 Å². The van der Waals surface area contributed by atoms with Crippen LogP contribution in [0.1, 0.15) is 42.5 Å². The molecule has 0 aliphatic carbocycles. The van der Waals surface area contributed by atoms with E-state index < -0.39 is 15.9 Å². The molecule has 34 heavy (non-hydrogen) atoms. The van der Waals surface area contributed by atoms with Gasteiger partial charge in [-0.15, -0.1) is 0 Å². The molecule has 182 valence electrons. The Morgan fingerprint density at radius 1 is 0.941 bits per heavy atom.